The Morgan fingerprint density at radius 1 is 1.00 bits per heavy atom. The Balaban J connectivity index is 0.00000140. The average molecular weight is 426 g/mol. The zero-order valence-electron chi connectivity index (χ0n) is 15.6. The lowest BCUT2D eigenvalue weighted by molar-refractivity contribution is -0.134. The molecule has 4 nitrogen and oxygen atoms in total. The van der Waals surface area contributed by atoms with Gasteiger partial charge >= 0.3 is 0 Å². The Bertz CT molecular complexity index is 769. The molecule has 0 bridgehead atoms. The topological polar surface area (TPSA) is 44.4 Å². The van der Waals surface area contributed by atoms with Gasteiger partial charge in [0.05, 0.1) is 0 Å². The SMILES string of the molecule is Cl.Cl.O=C(NCc1ccc(F)cc1)C1(N2CCNCC2)Cc2ccccc2C1. The molecule has 152 valence electrons. The molecule has 0 unspecified atom stereocenters. The van der Waals surface area contributed by atoms with Crippen LogP contribution >= 0.6 is 24.8 Å². The maximum Gasteiger partial charge on any atom is 0.241 e. The van der Waals surface area contributed by atoms with Gasteiger partial charge < -0.3 is 10.6 Å². The normalized spacial score (nSPS) is 17.8. The number of halogens is 3. The molecule has 4 rings (SSSR count). The van der Waals surface area contributed by atoms with E-state index in [9.17, 15) is 9.18 Å². The fourth-order valence-corrected chi connectivity index (χ4v) is 4.16. The second-order valence-corrected chi connectivity index (χ2v) is 7.20. The largest absolute Gasteiger partial charge is 0.350 e. The van der Waals surface area contributed by atoms with E-state index in [1.165, 1.54) is 23.3 Å². The molecule has 7 heteroatoms. The second-order valence-electron chi connectivity index (χ2n) is 7.20. The highest BCUT2D eigenvalue weighted by Crippen LogP contribution is 2.35. The predicted octanol–water partition coefficient (Wildman–Crippen LogP) is 2.73. The van der Waals surface area contributed by atoms with Crippen molar-refractivity contribution in [3.8, 4) is 0 Å². The van der Waals surface area contributed by atoms with Gasteiger partial charge in [-0.2, -0.15) is 0 Å². The summed E-state index contributed by atoms with van der Waals surface area (Å²) < 4.78 is 13.1. The number of fused-ring (bicyclic) bond motifs is 1. The van der Waals surface area contributed by atoms with Crippen molar-refractivity contribution in [1.82, 2.24) is 15.5 Å². The molecule has 0 spiro atoms. The lowest BCUT2D eigenvalue weighted by atomic mass is 9.91. The van der Waals surface area contributed by atoms with Crippen molar-refractivity contribution in [2.45, 2.75) is 24.9 Å². The van der Waals surface area contributed by atoms with Crippen LogP contribution < -0.4 is 10.6 Å². The summed E-state index contributed by atoms with van der Waals surface area (Å²) in [5, 5.41) is 6.48. The Morgan fingerprint density at radius 3 is 2.14 bits per heavy atom. The van der Waals surface area contributed by atoms with Crippen molar-refractivity contribution in [2.24, 2.45) is 0 Å². The number of nitrogens with zero attached hydrogens (tertiary/aromatic N) is 1. The molecule has 2 aromatic rings. The molecule has 2 aromatic carbocycles. The number of hydrogen-bond acceptors (Lipinski definition) is 3. The van der Waals surface area contributed by atoms with Gasteiger partial charge in [0.1, 0.15) is 11.4 Å². The maximum atomic E-state index is 13.3. The molecule has 1 fully saturated rings. The van der Waals surface area contributed by atoms with Gasteiger partial charge in [0.15, 0.2) is 0 Å². The van der Waals surface area contributed by atoms with Crippen LogP contribution in [-0.2, 0) is 24.2 Å². The van der Waals surface area contributed by atoms with Crippen molar-refractivity contribution >= 4 is 30.7 Å². The number of amides is 1. The maximum absolute atomic E-state index is 13.3. The molecule has 28 heavy (non-hydrogen) atoms. The average Bonchev–Trinajstić information content (AvgIpc) is 3.09. The number of carbonyl (C=O) groups is 1. The molecule has 1 saturated heterocycles. The number of benzene rings is 2. The predicted molar refractivity (Wildman–Crippen MR) is 114 cm³/mol. The van der Waals surface area contributed by atoms with Crippen LogP contribution in [0.2, 0.25) is 0 Å². The van der Waals surface area contributed by atoms with E-state index in [0.29, 0.717) is 6.54 Å². The lowest BCUT2D eigenvalue weighted by Gasteiger charge is -2.42. The number of rotatable bonds is 4. The smallest absolute Gasteiger partial charge is 0.241 e. The highest BCUT2D eigenvalue weighted by Gasteiger charge is 2.48. The molecular weight excluding hydrogens is 400 g/mol. The molecule has 0 saturated carbocycles. The first-order valence-corrected chi connectivity index (χ1v) is 9.23. The van der Waals surface area contributed by atoms with Gasteiger partial charge in [-0.25, -0.2) is 4.39 Å². The minimum atomic E-state index is -0.522. The first-order chi connectivity index (χ1) is 12.7. The summed E-state index contributed by atoms with van der Waals surface area (Å²) in [6.45, 7) is 3.98. The Hall–Kier alpha value is -1.66. The van der Waals surface area contributed by atoms with E-state index in [2.05, 4.69) is 27.7 Å². The monoisotopic (exact) mass is 425 g/mol. The summed E-state index contributed by atoms with van der Waals surface area (Å²) in [5.41, 5.74) is 2.92. The van der Waals surface area contributed by atoms with Crippen LogP contribution in [0.25, 0.3) is 0 Å². The molecule has 0 atom stereocenters. The second kappa shape index (κ2) is 9.70. The highest BCUT2D eigenvalue weighted by molar-refractivity contribution is 5.88. The van der Waals surface area contributed by atoms with E-state index in [0.717, 1.165) is 44.6 Å². The Morgan fingerprint density at radius 2 is 1.57 bits per heavy atom. The number of hydrogen-bond donors (Lipinski definition) is 2. The van der Waals surface area contributed by atoms with Crippen molar-refractivity contribution in [3.05, 3.63) is 71.0 Å². The third-order valence-corrected chi connectivity index (χ3v) is 5.60. The van der Waals surface area contributed by atoms with Crippen LogP contribution in [0.4, 0.5) is 4.39 Å². The zero-order valence-corrected chi connectivity index (χ0v) is 17.3. The van der Waals surface area contributed by atoms with Crippen LogP contribution in [0.1, 0.15) is 16.7 Å². The van der Waals surface area contributed by atoms with Gasteiger partial charge in [-0.15, -0.1) is 24.8 Å². The van der Waals surface area contributed by atoms with Crippen LogP contribution in [-0.4, -0.2) is 42.5 Å². The van der Waals surface area contributed by atoms with Crippen molar-refractivity contribution in [1.29, 1.82) is 0 Å². The molecule has 1 aliphatic heterocycles. The first kappa shape index (κ1) is 22.6. The van der Waals surface area contributed by atoms with Crippen molar-refractivity contribution < 1.29 is 9.18 Å². The van der Waals surface area contributed by atoms with Crippen molar-refractivity contribution in [3.63, 3.8) is 0 Å². The summed E-state index contributed by atoms with van der Waals surface area (Å²) >= 11 is 0. The van der Waals surface area contributed by atoms with E-state index in [4.69, 9.17) is 0 Å². The van der Waals surface area contributed by atoms with Crippen molar-refractivity contribution in [2.75, 3.05) is 26.2 Å². The van der Waals surface area contributed by atoms with Gasteiger partial charge in [0.2, 0.25) is 5.91 Å². The number of piperazine rings is 1. The van der Waals surface area contributed by atoms with Crippen LogP contribution in [0.5, 0.6) is 0 Å². The summed E-state index contributed by atoms with van der Waals surface area (Å²) in [4.78, 5) is 15.7. The van der Waals surface area contributed by atoms with Crippen LogP contribution in [0.3, 0.4) is 0 Å². The molecule has 0 radical (unpaired) electrons. The first-order valence-electron chi connectivity index (χ1n) is 9.23. The summed E-state index contributed by atoms with van der Waals surface area (Å²) in [6.07, 6.45) is 1.50. The van der Waals surface area contributed by atoms with Gasteiger partial charge in [-0.1, -0.05) is 36.4 Å². The summed E-state index contributed by atoms with van der Waals surface area (Å²) in [6, 6.07) is 14.6. The van der Waals surface area contributed by atoms with E-state index >= 15 is 0 Å². The highest BCUT2D eigenvalue weighted by atomic mass is 35.5. The molecule has 2 N–H and O–H groups in total. The standard InChI is InChI=1S/C21H24FN3O.2ClH/c22-19-7-5-16(6-8-19)15-24-20(26)21(25-11-9-23-10-12-25)13-17-3-1-2-4-18(17)14-21;;/h1-8,23H,9-15H2,(H,24,26);2*1H. The quantitative estimate of drug-likeness (QED) is 0.791. The van der Waals surface area contributed by atoms with E-state index in [1.807, 2.05) is 12.1 Å². The molecule has 1 heterocycles. The molecular formula is C21H26Cl2FN3O. The molecule has 2 aliphatic rings. The molecule has 0 aromatic heterocycles. The fraction of sp³-hybridized carbons (Fsp3) is 0.381. The van der Waals surface area contributed by atoms with Gasteiger partial charge in [-0.3, -0.25) is 9.69 Å². The minimum absolute atomic E-state index is 0. The molecule has 1 aliphatic carbocycles. The summed E-state index contributed by atoms with van der Waals surface area (Å²) in [7, 11) is 0. The zero-order chi connectivity index (χ0) is 18.0. The van der Waals surface area contributed by atoms with E-state index < -0.39 is 5.54 Å². The number of nitrogens with one attached hydrogen (secondary N) is 2. The van der Waals surface area contributed by atoms with Crippen LogP contribution in [0, 0.1) is 5.82 Å². The third-order valence-electron chi connectivity index (χ3n) is 5.60. The fourth-order valence-electron chi connectivity index (χ4n) is 4.16. The van der Waals surface area contributed by atoms with Gasteiger partial charge in [0, 0.05) is 45.6 Å². The van der Waals surface area contributed by atoms with E-state index in [1.54, 1.807) is 12.1 Å². The Labute approximate surface area is 177 Å². The summed E-state index contributed by atoms with van der Waals surface area (Å²) in [5.74, 6) is -0.191. The minimum Gasteiger partial charge on any atom is -0.350 e. The van der Waals surface area contributed by atoms with Crippen LogP contribution in [0.15, 0.2) is 48.5 Å². The van der Waals surface area contributed by atoms with Gasteiger partial charge in [0.25, 0.3) is 0 Å². The molecule has 1 amide bonds. The third kappa shape index (κ3) is 4.49. The lowest BCUT2D eigenvalue weighted by Crippen LogP contribution is -2.63. The van der Waals surface area contributed by atoms with E-state index in [-0.39, 0.29) is 36.5 Å². The Kier molecular flexibility index (Phi) is 7.84. The number of carbonyl (C=O) groups excluding carboxylic acids is 1. The van der Waals surface area contributed by atoms with Gasteiger partial charge in [-0.05, 0) is 28.8 Å².